The van der Waals surface area contributed by atoms with E-state index in [1.807, 2.05) is 13.8 Å². The second-order valence-corrected chi connectivity index (χ2v) is 9.07. The van der Waals surface area contributed by atoms with Crippen LogP contribution in [0.4, 0.5) is 11.4 Å². The van der Waals surface area contributed by atoms with Gasteiger partial charge in [0, 0.05) is 15.7 Å². The highest BCUT2D eigenvalue weighted by molar-refractivity contribution is 7.92. The van der Waals surface area contributed by atoms with Crippen molar-refractivity contribution in [2.75, 3.05) is 15.9 Å². The molecule has 27 heavy (non-hydrogen) atoms. The number of nitrogens with zero attached hydrogens (tertiary/aromatic N) is 1. The molecular weight excluding hydrogens is 407 g/mol. The Balaban J connectivity index is 2.42. The summed E-state index contributed by atoms with van der Waals surface area (Å²) in [6, 6.07) is 9.09. The lowest BCUT2D eigenvalue weighted by molar-refractivity contribution is -0.117. The van der Waals surface area contributed by atoms with Gasteiger partial charge in [-0.15, -0.1) is 0 Å². The minimum Gasteiger partial charge on any atom is -0.324 e. The first-order valence-corrected chi connectivity index (χ1v) is 11.0. The molecule has 0 fully saturated rings. The molecule has 0 aliphatic carbocycles. The standard InChI is InChI=1S/C19H22Cl2N2O3S/c1-5-18(19(24)22-17-9-7-14(20)10-13(17)3)23(27(4,25)26)15-8-6-12(2)16(21)11-15/h6-11,18H,5H2,1-4H3,(H,22,24)/t18-/m1/s1. The molecule has 0 aliphatic rings. The van der Waals surface area contributed by atoms with Crippen LogP contribution in [0.1, 0.15) is 24.5 Å². The molecule has 2 rings (SSSR count). The van der Waals surface area contributed by atoms with Gasteiger partial charge in [-0.3, -0.25) is 9.10 Å². The van der Waals surface area contributed by atoms with Crippen LogP contribution in [0.3, 0.4) is 0 Å². The van der Waals surface area contributed by atoms with Crippen LogP contribution in [0.5, 0.6) is 0 Å². The highest BCUT2D eigenvalue weighted by atomic mass is 35.5. The van der Waals surface area contributed by atoms with E-state index in [2.05, 4.69) is 5.32 Å². The molecule has 0 bridgehead atoms. The molecule has 8 heteroatoms. The van der Waals surface area contributed by atoms with Crippen LogP contribution in [0.2, 0.25) is 10.0 Å². The SMILES string of the molecule is CC[C@H](C(=O)Nc1ccc(Cl)cc1C)N(c1ccc(C)c(Cl)c1)S(C)(=O)=O. The quantitative estimate of drug-likeness (QED) is 0.718. The van der Waals surface area contributed by atoms with E-state index in [0.717, 1.165) is 21.7 Å². The molecule has 0 radical (unpaired) electrons. The molecule has 5 nitrogen and oxygen atoms in total. The fourth-order valence-electron chi connectivity index (χ4n) is 2.76. The van der Waals surface area contributed by atoms with Crippen LogP contribution in [0.15, 0.2) is 36.4 Å². The summed E-state index contributed by atoms with van der Waals surface area (Å²) in [5.74, 6) is -0.426. The molecule has 0 aliphatic heterocycles. The Morgan fingerprint density at radius 3 is 2.30 bits per heavy atom. The second-order valence-electron chi connectivity index (χ2n) is 6.36. The highest BCUT2D eigenvalue weighted by Crippen LogP contribution is 2.28. The van der Waals surface area contributed by atoms with Crippen molar-refractivity contribution in [1.29, 1.82) is 0 Å². The van der Waals surface area contributed by atoms with E-state index in [1.54, 1.807) is 43.3 Å². The average molecular weight is 429 g/mol. The maximum atomic E-state index is 12.9. The highest BCUT2D eigenvalue weighted by Gasteiger charge is 2.32. The van der Waals surface area contributed by atoms with Gasteiger partial charge in [-0.2, -0.15) is 0 Å². The van der Waals surface area contributed by atoms with Crippen LogP contribution >= 0.6 is 23.2 Å². The van der Waals surface area contributed by atoms with Crippen LogP contribution in [0, 0.1) is 13.8 Å². The predicted molar refractivity (Wildman–Crippen MR) is 112 cm³/mol. The van der Waals surface area contributed by atoms with E-state index < -0.39 is 22.0 Å². The summed E-state index contributed by atoms with van der Waals surface area (Å²) in [5, 5.41) is 3.80. The molecule has 2 aromatic rings. The van der Waals surface area contributed by atoms with E-state index in [4.69, 9.17) is 23.2 Å². The zero-order chi connectivity index (χ0) is 20.4. The van der Waals surface area contributed by atoms with Gasteiger partial charge < -0.3 is 5.32 Å². The number of hydrogen-bond acceptors (Lipinski definition) is 3. The Morgan fingerprint density at radius 1 is 1.11 bits per heavy atom. The van der Waals surface area contributed by atoms with E-state index >= 15 is 0 Å². The zero-order valence-electron chi connectivity index (χ0n) is 15.6. The lowest BCUT2D eigenvalue weighted by Crippen LogP contribution is -2.47. The summed E-state index contributed by atoms with van der Waals surface area (Å²) in [6.45, 7) is 5.40. The number of aryl methyl sites for hydroxylation is 2. The topological polar surface area (TPSA) is 66.5 Å². The van der Waals surface area contributed by atoms with Gasteiger partial charge in [-0.05, 0) is 61.7 Å². The first-order valence-electron chi connectivity index (χ1n) is 8.37. The van der Waals surface area contributed by atoms with Crippen LogP contribution in [-0.2, 0) is 14.8 Å². The number of amides is 1. The van der Waals surface area contributed by atoms with Crippen molar-refractivity contribution >= 4 is 50.5 Å². The summed E-state index contributed by atoms with van der Waals surface area (Å²) in [4.78, 5) is 12.9. The monoisotopic (exact) mass is 428 g/mol. The van der Waals surface area contributed by atoms with Crippen molar-refractivity contribution in [3.05, 3.63) is 57.6 Å². The fourth-order valence-corrected chi connectivity index (χ4v) is 4.37. The van der Waals surface area contributed by atoms with Crippen LogP contribution in [0.25, 0.3) is 0 Å². The number of carbonyl (C=O) groups is 1. The molecule has 0 saturated heterocycles. The molecule has 1 amide bonds. The van der Waals surface area contributed by atoms with Gasteiger partial charge in [0.15, 0.2) is 0 Å². The summed E-state index contributed by atoms with van der Waals surface area (Å²) >= 11 is 12.1. The molecule has 1 atom stereocenters. The molecule has 0 aromatic heterocycles. The average Bonchev–Trinajstić information content (AvgIpc) is 2.56. The van der Waals surface area contributed by atoms with E-state index in [-0.39, 0.29) is 6.42 Å². The van der Waals surface area contributed by atoms with Crippen molar-refractivity contribution in [1.82, 2.24) is 0 Å². The van der Waals surface area contributed by atoms with Gasteiger partial charge in [0.05, 0.1) is 11.9 Å². The van der Waals surface area contributed by atoms with Gasteiger partial charge in [0.25, 0.3) is 0 Å². The van der Waals surface area contributed by atoms with Gasteiger partial charge >= 0.3 is 0 Å². The second kappa shape index (κ2) is 8.50. The van der Waals surface area contributed by atoms with Crippen molar-refractivity contribution in [3.63, 3.8) is 0 Å². The Kier molecular flexibility index (Phi) is 6.78. The third kappa shape index (κ3) is 5.15. The summed E-state index contributed by atoms with van der Waals surface area (Å²) in [5.41, 5.74) is 2.54. The van der Waals surface area contributed by atoms with Crippen molar-refractivity contribution in [2.45, 2.75) is 33.2 Å². The molecule has 2 aromatic carbocycles. The number of benzene rings is 2. The zero-order valence-corrected chi connectivity index (χ0v) is 17.9. The Morgan fingerprint density at radius 2 is 1.78 bits per heavy atom. The maximum Gasteiger partial charge on any atom is 0.248 e. The lowest BCUT2D eigenvalue weighted by Gasteiger charge is -2.30. The van der Waals surface area contributed by atoms with Gasteiger partial charge in [0.2, 0.25) is 15.9 Å². The third-order valence-corrected chi connectivity index (χ3v) is 6.01. The molecule has 146 valence electrons. The largest absolute Gasteiger partial charge is 0.324 e. The predicted octanol–water partition coefficient (Wildman–Crippen LogP) is 4.79. The molecular formula is C19H22Cl2N2O3S. The maximum absolute atomic E-state index is 12.9. The Hall–Kier alpha value is -1.76. The number of anilines is 2. The summed E-state index contributed by atoms with van der Waals surface area (Å²) in [6.07, 6.45) is 1.36. The van der Waals surface area contributed by atoms with Crippen LogP contribution < -0.4 is 9.62 Å². The third-order valence-electron chi connectivity index (χ3n) is 4.19. The number of carbonyl (C=O) groups excluding carboxylic acids is 1. The first-order chi connectivity index (χ1) is 12.5. The number of nitrogens with one attached hydrogen (secondary N) is 1. The molecule has 0 heterocycles. The summed E-state index contributed by atoms with van der Waals surface area (Å²) in [7, 11) is -3.72. The van der Waals surface area contributed by atoms with Gasteiger partial charge in [-0.1, -0.05) is 36.2 Å². The fraction of sp³-hybridized carbons (Fsp3) is 0.316. The molecule has 0 saturated carbocycles. The number of halogens is 2. The smallest absolute Gasteiger partial charge is 0.248 e. The minimum absolute atomic E-state index is 0.289. The van der Waals surface area contributed by atoms with Gasteiger partial charge in [0.1, 0.15) is 6.04 Å². The van der Waals surface area contributed by atoms with Crippen molar-refractivity contribution in [3.8, 4) is 0 Å². The number of hydrogen-bond donors (Lipinski definition) is 1. The van der Waals surface area contributed by atoms with Crippen molar-refractivity contribution in [2.24, 2.45) is 0 Å². The Labute approximate surface area is 170 Å². The number of sulfonamides is 1. The Bertz CT molecular complexity index is 961. The van der Waals surface area contributed by atoms with Gasteiger partial charge in [-0.25, -0.2) is 8.42 Å². The van der Waals surface area contributed by atoms with Crippen LogP contribution in [-0.4, -0.2) is 26.6 Å². The number of rotatable bonds is 6. The van der Waals surface area contributed by atoms with E-state index in [9.17, 15) is 13.2 Å². The van der Waals surface area contributed by atoms with E-state index in [0.29, 0.717) is 21.4 Å². The summed E-state index contributed by atoms with van der Waals surface area (Å²) < 4.78 is 26.1. The minimum atomic E-state index is -3.72. The molecule has 0 spiro atoms. The van der Waals surface area contributed by atoms with E-state index in [1.165, 1.54) is 0 Å². The first kappa shape index (κ1) is 21.5. The molecule has 0 unspecified atom stereocenters. The lowest BCUT2D eigenvalue weighted by atomic mass is 10.1. The molecule has 1 N–H and O–H groups in total. The normalized spacial score (nSPS) is 12.5. The van der Waals surface area contributed by atoms with Crippen molar-refractivity contribution < 1.29 is 13.2 Å².